The minimum absolute atomic E-state index is 0. The van der Waals surface area contributed by atoms with Gasteiger partial charge in [-0.15, -0.1) is 6.04 Å². The molecule has 1 fully saturated rings. The summed E-state index contributed by atoms with van der Waals surface area (Å²) in [7, 11) is 0. The van der Waals surface area contributed by atoms with Gasteiger partial charge in [-0.05, 0) is 12.5 Å². The maximum absolute atomic E-state index is 9.10. The molecule has 1 aliphatic rings. The van der Waals surface area contributed by atoms with Crippen LogP contribution in [0.2, 0.25) is 0 Å². The summed E-state index contributed by atoms with van der Waals surface area (Å²) >= 11 is 0. The Bertz CT molecular complexity index is 191. The van der Waals surface area contributed by atoms with E-state index in [1.807, 2.05) is 0 Å². The molecule has 0 aromatic carbocycles. The van der Waals surface area contributed by atoms with Gasteiger partial charge in [-0.3, -0.25) is 0 Å². The summed E-state index contributed by atoms with van der Waals surface area (Å²) in [6, 6.07) is 0.201. The van der Waals surface area contributed by atoms with Crippen LogP contribution in [0.15, 0.2) is 0 Å². The van der Waals surface area contributed by atoms with Crippen molar-refractivity contribution in [2.24, 2.45) is 5.73 Å². The molecule has 0 aliphatic heterocycles. The quantitative estimate of drug-likeness (QED) is 0.512. The third-order valence-corrected chi connectivity index (χ3v) is 2.00. The van der Waals surface area contributed by atoms with Crippen LogP contribution in [0, 0.1) is 0 Å². The normalized spacial score (nSPS) is 24.1. The molecule has 1 rings (SSSR count). The van der Waals surface area contributed by atoms with Crippen molar-refractivity contribution >= 4 is 11.9 Å². The minimum atomic E-state index is -1.82. The number of aliphatic carboxylic acids is 2. The fourth-order valence-electron chi connectivity index (χ4n) is 1.16. The molecule has 0 aromatic heterocycles. The molecule has 1 saturated carbocycles. The molecule has 0 bridgehead atoms. The molecule has 0 amide bonds. The Kier molecular flexibility index (Phi) is 9.98. The average molecular weight is 398 g/mol. The van der Waals surface area contributed by atoms with E-state index in [0.29, 0.717) is 0 Å². The van der Waals surface area contributed by atoms with Crippen molar-refractivity contribution in [3.05, 3.63) is 5.73 Å². The summed E-state index contributed by atoms with van der Waals surface area (Å²) < 4.78 is 0. The van der Waals surface area contributed by atoms with Crippen LogP contribution in [0.1, 0.15) is 25.7 Å². The predicted octanol–water partition coefficient (Wildman–Crippen LogP) is 0.462. The first-order valence-electron chi connectivity index (χ1n) is 4.38. The zero-order valence-electron chi connectivity index (χ0n) is 8.09. The molecule has 7 heteroatoms. The molecule has 15 heavy (non-hydrogen) atoms. The molecule has 90 valence electrons. The zero-order chi connectivity index (χ0) is 11.1. The zero-order valence-corrected chi connectivity index (χ0v) is 10.4. The first-order valence-corrected chi connectivity index (χ1v) is 4.38. The van der Waals surface area contributed by atoms with Gasteiger partial charge < -0.3 is 21.7 Å². The van der Waals surface area contributed by atoms with Crippen molar-refractivity contribution in [2.75, 3.05) is 0 Å². The van der Waals surface area contributed by atoms with Crippen LogP contribution in [0.5, 0.6) is 0 Å². The van der Waals surface area contributed by atoms with Gasteiger partial charge in [0.1, 0.15) is 0 Å². The van der Waals surface area contributed by atoms with Crippen LogP contribution < -0.4 is 5.73 Å². The van der Waals surface area contributed by atoms with Crippen LogP contribution in [0.4, 0.5) is 0 Å². The Morgan fingerprint density at radius 1 is 1.13 bits per heavy atom. The molecule has 0 radical (unpaired) electrons. The van der Waals surface area contributed by atoms with Gasteiger partial charge in [0.25, 0.3) is 0 Å². The molecule has 0 spiro atoms. The molecule has 0 heterocycles. The third-order valence-electron chi connectivity index (χ3n) is 2.00. The van der Waals surface area contributed by atoms with Crippen molar-refractivity contribution in [2.45, 2.75) is 37.8 Å². The first-order chi connectivity index (χ1) is 6.45. The second-order valence-corrected chi connectivity index (χ2v) is 3.17. The van der Waals surface area contributed by atoms with Gasteiger partial charge in [0.15, 0.2) is 0 Å². The Balaban J connectivity index is 0. The summed E-state index contributed by atoms with van der Waals surface area (Å²) in [5.41, 5.74) is 12.9. The number of carboxylic acids is 2. The Hall–Kier alpha value is -0.452. The van der Waals surface area contributed by atoms with Gasteiger partial charge in [-0.25, -0.2) is 9.59 Å². The molecule has 0 aromatic rings. The van der Waals surface area contributed by atoms with Gasteiger partial charge >= 0.3 is 33.0 Å². The van der Waals surface area contributed by atoms with E-state index in [-0.39, 0.29) is 33.1 Å². The monoisotopic (exact) mass is 398 g/mol. The SMILES string of the molecule is O=C(O)C(=O)O.[NH-]C1CCCCC1N.[Pt+2]. The van der Waals surface area contributed by atoms with Gasteiger partial charge in [0.05, 0.1) is 0 Å². The number of hydrogen-bond acceptors (Lipinski definition) is 3. The molecular weight excluding hydrogens is 383 g/mol. The van der Waals surface area contributed by atoms with Gasteiger partial charge in [0, 0.05) is 0 Å². The van der Waals surface area contributed by atoms with Crippen molar-refractivity contribution in [3.8, 4) is 0 Å². The first kappa shape index (κ1) is 17.0. The average Bonchev–Trinajstić information content (AvgIpc) is 2.11. The molecule has 0 saturated heterocycles. The van der Waals surface area contributed by atoms with E-state index >= 15 is 0 Å². The van der Waals surface area contributed by atoms with E-state index in [2.05, 4.69) is 0 Å². The van der Waals surface area contributed by atoms with Crippen LogP contribution in [-0.4, -0.2) is 34.2 Å². The number of hydrogen-bond donors (Lipinski definition) is 3. The number of rotatable bonds is 0. The predicted molar refractivity (Wildman–Crippen MR) is 49.8 cm³/mol. The Labute approximate surface area is 102 Å². The molecule has 2 unspecified atom stereocenters. The minimum Gasteiger partial charge on any atom is -0.673 e. The van der Waals surface area contributed by atoms with Gasteiger partial charge in [0.2, 0.25) is 0 Å². The number of nitrogens with one attached hydrogen (secondary N) is 1. The smallest absolute Gasteiger partial charge is 0.673 e. The topological polar surface area (TPSA) is 124 Å². The molecular formula is C8H15N2O4Pt+. The van der Waals surface area contributed by atoms with Gasteiger partial charge in [-0.1, -0.05) is 19.3 Å². The second-order valence-electron chi connectivity index (χ2n) is 3.17. The number of nitrogens with two attached hydrogens (primary N) is 1. The molecule has 2 atom stereocenters. The summed E-state index contributed by atoms with van der Waals surface area (Å²) in [5, 5.41) is 14.8. The van der Waals surface area contributed by atoms with E-state index in [9.17, 15) is 0 Å². The van der Waals surface area contributed by atoms with E-state index < -0.39 is 11.9 Å². The largest absolute Gasteiger partial charge is 2.00 e. The van der Waals surface area contributed by atoms with Crippen molar-refractivity contribution in [3.63, 3.8) is 0 Å². The van der Waals surface area contributed by atoms with Crippen molar-refractivity contribution in [1.82, 2.24) is 0 Å². The number of carbonyl (C=O) groups is 2. The van der Waals surface area contributed by atoms with E-state index in [4.69, 9.17) is 31.3 Å². The van der Waals surface area contributed by atoms with Crippen LogP contribution in [-0.2, 0) is 30.7 Å². The maximum atomic E-state index is 9.10. The van der Waals surface area contributed by atoms with E-state index in [0.717, 1.165) is 12.8 Å². The van der Waals surface area contributed by atoms with E-state index in [1.54, 1.807) is 0 Å². The Morgan fingerprint density at radius 2 is 1.53 bits per heavy atom. The number of carboxylic acid groups (broad SMARTS) is 2. The molecule has 5 N–H and O–H groups in total. The van der Waals surface area contributed by atoms with Crippen LogP contribution in [0.25, 0.3) is 5.73 Å². The van der Waals surface area contributed by atoms with Crippen LogP contribution in [0.3, 0.4) is 0 Å². The standard InChI is InChI=1S/C6H13N2.C2H2O4.Pt/c7-5-3-1-2-4-6(5)8;3-1(4)2(5)6;/h5-7H,1-4,8H2;(H,3,4)(H,5,6);/q-1;;+2. The van der Waals surface area contributed by atoms with Gasteiger partial charge in [-0.2, -0.15) is 0 Å². The Morgan fingerprint density at radius 3 is 1.73 bits per heavy atom. The summed E-state index contributed by atoms with van der Waals surface area (Å²) in [4.78, 5) is 18.2. The van der Waals surface area contributed by atoms with Crippen molar-refractivity contribution < 1.29 is 40.9 Å². The fraction of sp³-hybridized carbons (Fsp3) is 0.750. The van der Waals surface area contributed by atoms with Crippen molar-refractivity contribution in [1.29, 1.82) is 0 Å². The molecule has 6 nitrogen and oxygen atoms in total. The summed E-state index contributed by atoms with van der Waals surface area (Å²) in [6.45, 7) is 0. The van der Waals surface area contributed by atoms with Crippen LogP contribution >= 0.6 is 0 Å². The summed E-state index contributed by atoms with van der Waals surface area (Å²) in [5.74, 6) is -3.65. The molecule has 1 aliphatic carbocycles. The van der Waals surface area contributed by atoms with E-state index in [1.165, 1.54) is 12.8 Å². The third kappa shape index (κ3) is 8.54. The fourth-order valence-corrected chi connectivity index (χ4v) is 1.16. The second kappa shape index (κ2) is 8.82. The summed E-state index contributed by atoms with van der Waals surface area (Å²) in [6.07, 6.45) is 4.52. The maximum Gasteiger partial charge on any atom is 2.00 e.